The number of benzene rings is 1. The van der Waals surface area contributed by atoms with Crippen LogP contribution in [0.15, 0.2) is 35.9 Å². The van der Waals surface area contributed by atoms with Gasteiger partial charge in [-0.25, -0.2) is 0 Å². The van der Waals surface area contributed by atoms with Crippen LogP contribution in [0.25, 0.3) is 6.08 Å². The number of hydrogen-bond acceptors (Lipinski definition) is 6. The maximum Gasteiger partial charge on any atom is 0.216 e. The van der Waals surface area contributed by atoms with Crippen LogP contribution in [0.2, 0.25) is 0 Å². The molecule has 24 heavy (non-hydrogen) atoms. The molecule has 126 valence electrons. The van der Waals surface area contributed by atoms with Gasteiger partial charge < -0.3 is 19.3 Å². The van der Waals surface area contributed by atoms with Gasteiger partial charge in [-0.2, -0.15) is 4.98 Å². The third kappa shape index (κ3) is 3.84. The number of phenolic OH excluding ortho intramolecular Hbond substituents is 1. The van der Waals surface area contributed by atoms with Crippen LogP contribution in [0, 0.1) is 0 Å². The molecule has 0 atom stereocenters. The van der Waals surface area contributed by atoms with Gasteiger partial charge in [0.2, 0.25) is 11.8 Å². The van der Waals surface area contributed by atoms with Crippen molar-refractivity contribution in [2.24, 2.45) is 0 Å². The molecule has 0 aliphatic heterocycles. The van der Waals surface area contributed by atoms with Gasteiger partial charge in [-0.05, 0) is 36.3 Å². The molecule has 1 N–H and O–H groups in total. The standard InChI is InChI=1S/C18H19NO5/c1-11(7-12-5-6-15(22-2)14(20)8-12)18(21)13-9-16(23-3)19-17(10-13)24-4/h5-10,20H,1-4H3/b11-7+. The van der Waals surface area contributed by atoms with Gasteiger partial charge in [-0.15, -0.1) is 0 Å². The molecule has 6 heteroatoms. The van der Waals surface area contributed by atoms with Crippen LogP contribution in [0.5, 0.6) is 23.3 Å². The predicted octanol–water partition coefficient (Wildman–Crippen LogP) is 3.10. The number of Topliss-reactive ketones (excluding diaryl/α,β-unsaturated/α-hetero) is 1. The van der Waals surface area contributed by atoms with E-state index in [9.17, 15) is 9.90 Å². The molecule has 0 bridgehead atoms. The molecule has 0 saturated carbocycles. The number of aromatic nitrogens is 1. The first-order valence-corrected chi connectivity index (χ1v) is 7.18. The van der Waals surface area contributed by atoms with Crippen LogP contribution < -0.4 is 14.2 Å². The number of carbonyl (C=O) groups excluding carboxylic acids is 1. The second-order valence-corrected chi connectivity index (χ2v) is 5.03. The number of allylic oxidation sites excluding steroid dienone is 1. The highest BCUT2D eigenvalue weighted by atomic mass is 16.5. The zero-order chi connectivity index (χ0) is 17.7. The number of phenols is 1. The number of methoxy groups -OCH3 is 3. The van der Waals surface area contributed by atoms with Crippen molar-refractivity contribution in [3.63, 3.8) is 0 Å². The fraction of sp³-hybridized carbons (Fsp3) is 0.222. The van der Waals surface area contributed by atoms with Crippen LogP contribution in [-0.2, 0) is 0 Å². The topological polar surface area (TPSA) is 77.9 Å². The smallest absolute Gasteiger partial charge is 0.216 e. The number of ketones is 1. The number of aromatic hydroxyl groups is 1. The largest absolute Gasteiger partial charge is 0.504 e. The van der Waals surface area contributed by atoms with E-state index in [2.05, 4.69) is 4.98 Å². The van der Waals surface area contributed by atoms with Gasteiger partial charge in [-0.3, -0.25) is 4.79 Å². The van der Waals surface area contributed by atoms with Crippen molar-refractivity contribution in [3.05, 3.63) is 47.0 Å². The number of rotatable bonds is 6. The summed E-state index contributed by atoms with van der Waals surface area (Å²) in [4.78, 5) is 16.7. The zero-order valence-corrected chi connectivity index (χ0v) is 14.0. The van der Waals surface area contributed by atoms with Crippen molar-refractivity contribution in [1.29, 1.82) is 0 Å². The zero-order valence-electron chi connectivity index (χ0n) is 14.0. The molecule has 1 heterocycles. The molecule has 0 spiro atoms. The van der Waals surface area contributed by atoms with Crippen LogP contribution in [0.3, 0.4) is 0 Å². The maximum absolute atomic E-state index is 12.6. The highest BCUT2D eigenvalue weighted by molar-refractivity contribution is 6.11. The normalized spacial score (nSPS) is 11.1. The molecule has 0 fully saturated rings. The summed E-state index contributed by atoms with van der Waals surface area (Å²) in [5, 5.41) is 9.82. The van der Waals surface area contributed by atoms with Crippen molar-refractivity contribution >= 4 is 11.9 Å². The minimum absolute atomic E-state index is 0.0127. The van der Waals surface area contributed by atoms with E-state index in [1.54, 1.807) is 37.3 Å². The molecular formula is C18H19NO5. The first-order valence-electron chi connectivity index (χ1n) is 7.18. The van der Waals surface area contributed by atoms with Crippen molar-refractivity contribution < 1.29 is 24.1 Å². The minimum Gasteiger partial charge on any atom is -0.504 e. The lowest BCUT2D eigenvalue weighted by Crippen LogP contribution is -2.03. The van der Waals surface area contributed by atoms with E-state index in [0.717, 1.165) is 0 Å². The maximum atomic E-state index is 12.6. The fourth-order valence-corrected chi connectivity index (χ4v) is 2.16. The summed E-state index contributed by atoms with van der Waals surface area (Å²) in [6.07, 6.45) is 1.68. The molecule has 2 aromatic rings. The van der Waals surface area contributed by atoms with Gasteiger partial charge >= 0.3 is 0 Å². The third-order valence-corrected chi connectivity index (χ3v) is 3.40. The second kappa shape index (κ2) is 7.50. The summed E-state index contributed by atoms with van der Waals surface area (Å²) in [6, 6.07) is 8.02. The Bertz CT molecular complexity index is 761. The summed E-state index contributed by atoms with van der Waals surface area (Å²) in [5.41, 5.74) is 1.59. The van der Waals surface area contributed by atoms with Gasteiger partial charge in [-0.1, -0.05) is 6.07 Å². The lowest BCUT2D eigenvalue weighted by molar-refractivity contribution is 0.103. The summed E-state index contributed by atoms with van der Waals surface area (Å²) < 4.78 is 15.2. The van der Waals surface area contributed by atoms with Crippen LogP contribution in [0.1, 0.15) is 22.8 Å². The summed E-state index contributed by atoms with van der Waals surface area (Å²) >= 11 is 0. The van der Waals surface area contributed by atoms with Crippen molar-refractivity contribution in [3.8, 4) is 23.3 Å². The van der Waals surface area contributed by atoms with Crippen LogP contribution in [0.4, 0.5) is 0 Å². The number of carbonyl (C=O) groups is 1. The van der Waals surface area contributed by atoms with E-state index in [0.29, 0.717) is 34.2 Å². The van der Waals surface area contributed by atoms with E-state index in [-0.39, 0.29) is 11.5 Å². The average molecular weight is 329 g/mol. The lowest BCUT2D eigenvalue weighted by Gasteiger charge is -2.08. The van der Waals surface area contributed by atoms with E-state index in [4.69, 9.17) is 14.2 Å². The molecule has 0 saturated heterocycles. The van der Waals surface area contributed by atoms with E-state index in [1.165, 1.54) is 27.4 Å². The first kappa shape index (κ1) is 17.3. The third-order valence-electron chi connectivity index (χ3n) is 3.40. The van der Waals surface area contributed by atoms with Gasteiger partial charge in [0.05, 0.1) is 21.3 Å². The number of hydrogen-bond donors (Lipinski definition) is 1. The Balaban J connectivity index is 2.33. The minimum atomic E-state index is -0.190. The molecular weight excluding hydrogens is 310 g/mol. The second-order valence-electron chi connectivity index (χ2n) is 5.03. The molecule has 6 nitrogen and oxygen atoms in total. The molecule has 0 amide bonds. The molecule has 0 unspecified atom stereocenters. The molecule has 1 aromatic heterocycles. The highest BCUT2D eigenvalue weighted by Gasteiger charge is 2.13. The van der Waals surface area contributed by atoms with Crippen molar-refractivity contribution in [2.45, 2.75) is 6.92 Å². The number of nitrogens with zero attached hydrogens (tertiary/aromatic N) is 1. The van der Waals surface area contributed by atoms with Gasteiger partial charge in [0.15, 0.2) is 17.3 Å². The average Bonchev–Trinajstić information content (AvgIpc) is 2.60. The summed E-state index contributed by atoms with van der Waals surface area (Å²) in [7, 11) is 4.42. The monoisotopic (exact) mass is 329 g/mol. The Labute approximate surface area is 140 Å². The SMILES string of the molecule is COc1cc(C(=O)/C(C)=C/c2ccc(OC)c(O)c2)cc(OC)n1. The Hall–Kier alpha value is -3.02. The predicted molar refractivity (Wildman–Crippen MR) is 90.0 cm³/mol. The summed E-state index contributed by atoms with van der Waals surface area (Å²) in [5.74, 6) is 0.794. The Morgan fingerprint density at radius 1 is 1.04 bits per heavy atom. The molecule has 0 radical (unpaired) electrons. The number of ether oxygens (including phenoxy) is 3. The van der Waals surface area contributed by atoms with Gasteiger partial charge in [0, 0.05) is 17.7 Å². The van der Waals surface area contributed by atoms with Crippen molar-refractivity contribution in [2.75, 3.05) is 21.3 Å². The van der Waals surface area contributed by atoms with Crippen LogP contribution in [-0.4, -0.2) is 37.2 Å². The Morgan fingerprint density at radius 2 is 1.67 bits per heavy atom. The Kier molecular flexibility index (Phi) is 5.42. The van der Waals surface area contributed by atoms with Crippen molar-refractivity contribution in [1.82, 2.24) is 4.98 Å². The van der Waals surface area contributed by atoms with Gasteiger partial charge in [0.25, 0.3) is 0 Å². The van der Waals surface area contributed by atoms with Crippen LogP contribution >= 0.6 is 0 Å². The first-order chi connectivity index (χ1) is 11.5. The van der Waals surface area contributed by atoms with E-state index in [1.807, 2.05) is 0 Å². The van der Waals surface area contributed by atoms with Gasteiger partial charge in [0.1, 0.15) is 0 Å². The van der Waals surface area contributed by atoms with E-state index < -0.39 is 0 Å². The molecule has 2 rings (SSSR count). The molecule has 0 aliphatic rings. The molecule has 0 aliphatic carbocycles. The quantitative estimate of drug-likeness (QED) is 0.648. The number of pyridine rings is 1. The highest BCUT2D eigenvalue weighted by Crippen LogP contribution is 2.27. The fourth-order valence-electron chi connectivity index (χ4n) is 2.16. The molecule has 1 aromatic carbocycles. The van der Waals surface area contributed by atoms with E-state index >= 15 is 0 Å². The summed E-state index contributed by atoms with van der Waals surface area (Å²) in [6.45, 7) is 1.70. The lowest BCUT2D eigenvalue weighted by atomic mass is 10.0. The Morgan fingerprint density at radius 3 is 2.17 bits per heavy atom.